The maximum absolute atomic E-state index is 12.6. The molecule has 31 heavy (non-hydrogen) atoms. The zero-order valence-corrected chi connectivity index (χ0v) is 19.9. The molecule has 1 N–H and O–H groups in total. The van der Waals surface area contributed by atoms with E-state index in [1.54, 1.807) is 26.2 Å². The second kappa shape index (κ2) is 9.82. The first-order chi connectivity index (χ1) is 14.7. The molecule has 1 fully saturated rings. The molecule has 0 spiro atoms. The molecule has 1 saturated heterocycles. The molecule has 0 radical (unpaired) electrons. The number of aliphatic imine (C=N–C) groups is 1. The van der Waals surface area contributed by atoms with Gasteiger partial charge in [-0.2, -0.15) is 4.31 Å². The quantitative estimate of drug-likeness (QED) is 0.545. The fourth-order valence-electron chi connectivity index (χ4n) is 3.83. The van der Waals surface area contributed by atoms with Crippen LogP contribution in [0, 0.1) is 5.92 Å². The Kier molecular flexibility index (Phi) is 7.38. The molecule has 2 atom stereocenters. The van der Waals surface area contributed by atoms with Crippen LogP contribution in [0.2, 0.25) is 0 Å². The van der Waals surface area contributed by atoms with Gasteiger partial charge in [0.05, 0.1) is 17.3 Å². The topological polar surface area (TPSA) is 82.8 Å². The van der Waals surface area contributed by atoms with Crippen LogP contribution in [0.4, 0.5) is 0 Å². The Morgan fingerprint density at radius 2 is 2.03 bits per heavy atom. The Hall–Kier alpha value is -2.39. The molecule has 170 valence electrons. The van der Waals surface area contributed by atoms with E-state index >= 15 is 0 Å². The van der Waals surface area contributed by atoms with Crippen LogP contribution in [0.1, 0.15) is 38.8 Å². The summed E-state index contributed by atoms with van der Waals surface area (Å²) in [6, 6.07) is 7.32. The van der Waals surface area contributed by atoms with Gasteiger partial charge in [-0.1, -0.05) is 19.1 Å². The lowest BCUT2D eigenvalue weighted by Gasteiger charge is -2.39. The third-order valence-corrected chi connectivity index (χ3v) is 8.16. The van der Waals surface area contributed by atoms with Gasteiger partial charge in [0.15, 0.2) is 5.96 Å². The zero-order valence-electron chi connectivity index (χ0n) is 19.1. The summed E-state index contributed by atoms with van der Waals surface area (Å²) in [5, 5.41) is 3.43. The second-order valence-electron chi connectivity index (χ2n) is 8.45. The Bertz CT molecular complexity index is 970. The van der Waals surface area contributed by atoms with Crippen molar-refractivity contribution in [1.29, 1.82) is 0 Å². The lowest BCUT2D eigenvalue weighted by atomic mass is 9.93. The molecule has 2 aromatic rings. The molecule has 1 aliphatic heterocycles. The van der Waals surface area contributed by atoms with Crippen LogP contribution in [0.25, 0.3) is 0 Å². The average Bonchev–Trinajstić information content (AvgIpc) is 3.29. The van der Waals surface area contributed by atoms with Gasteiger partial charge in [-0.3, -0.25) is 4.99 Å². The molecule has 9 heteroatoms. The molecule has 1 aromatic carbocycles. The number of aromatic nitrogens is 2. The molecule has 8 nitrogen and oxygen atoms in total. The van der Waals surface area contributed by atoms with Crippen molar-refractivity contribution in [2.75, 3.05) is 27.2 Å². The van der Waals surface area contributed by atoms with Crippen molar-refractivity contribution in [3.63, 3.8) is 0 Å². The van der Waals surface area contributed by atoms with Crippen LogP contribution in [0.3, 0.4) is 0 Å². The summed E-state index contributed by atoms with van der Waals surface area (Å²) in [6.07, 6.45) is 6.81. The summed E-state index contributed by atoms with van der Waals surface area (Å²) in [6.45, 7) is 8.40. The Morgan fingerprint density at radius 3 is 2.61 bits per heavy atom. The second-order valence-corrected chi connectivity index (χ2v) is 10.4. The highest BCUT2D eigenvalue weighted by atomic mass is 32.2. The minimum absolute atomic E-state index is 0.0897. The number of nitrogens with zero attached hydrogens (tertiary/aromatic N) is 5. The molecule has 0 saturated carbocycles. The van der Waals surface area contributed by atoms with E-state index in [0.717, 1.165) is 31.0 Å². The minimum atomic E-state index is -3.47. The molecule has 2 unspecified atom stereocenters. The molecule has 0 bridgehead atoms. The standard InChI is InChI=1S/C22H34N6O2S/c1-17(2)26(5)31(29,30)20-8-6-19(7-9-20)14-25-22(23-4)27-12-10-18(3)21(15-27)28-13-11-24-16-28/h6-9,11,13,16-18,21H,10,12,14-15H2,1-5H3,(H,23,25). The predicted molar refractivity (Wildman–Crippen MR) is 123 cm³/mol. The van der Waals surface area contributed by atoms with Gasteiger partial charge in [0.2, 0.25) is 10.0 Å². The van der Waals surface area contributed by atoms with Crippen molar-refractivity contribution in [3.05, 3.63) is 48.5 Å². The highest BCUT2D eigenvalue weighted by Crippen LogP contribution is 2.27. The SMILES string of the molecule is CN=C(NCc1ccc(S(=O)(=O)N(C)C(C)C)cc1)N1CCC(C)C(n2ccnc2)C1. The normalized spacial score (nSPS) is 20.5. The monoisotopic (exact) mass is 446 g/mol. The maximum atomic E-state index is 12.6. The van der Waals surface area contributed by atoms with Crippen molar-refractivity contribution in [1.82, 2.24) is 24.1 Å². The maximum Gasteiger partial charge on any atom is 0.243 e. The van der Waals surface area contributed by atoms with Crippen LogP contribution in [-0.4, -0.2) is 66.4 Å². The number of benzene rings is 1. The Balaban J connectivity index is 1.63. The highest BCUT2D eigenvalue weighted by Gasteiger charge is 2.29. The summed E-state index contributed by atoms with van der Waals surface area (Å²) in [7, 11) is -0.0647. The van der Waals surface area contributed by atoms with Crippen molar-refractivity contribution < 1.29 is 8.42 Å². The summed E-state index contributed by atoms with van der Waals surface area (Å²) in [5.74, 6) is 1.43. The smallest absolute Gasteiger partial charge is 0.243 e. The number of hydrogen-bond acceptors (Lipinski definition) is 4. The van der Waals surface area contributed by atoms with Crippen LogP contribution in [-0.2, 0) is 16.6 Å². The van der Waals surface area contributed by atoms with E-state index in [1.807, 2.05) is 44.7 Å². The number of rotatable bonds is 6. The van der Waals surface area contributed by atoms with Crippen molar-refractivity contribution in [2.24, 2.45) is 10.9 Å². The molecule has 0 aliphatic carbocycles. The number of nitrogens with one attached hydrogen (secondary N) is 1. The number of hydrogen-bond donors (Lipinski definition) is 1. The molecule has 1 aliphatic rings. The fraction of sp³-hybridized carbons (Fsp3) is 0.545. The average molecular weight is 447 g/mol. The van der Waals surface area contributed by atoms with E-state index in [9.17, 15) is 8.42 Å². The largest absolute Gasteiger partial charge is 0.352 e. The van der Waals surface area contributed by atoms with Crippen LogP contribution < -0.4 is 5.32 Å². The van der Waals surface area contributed by atoms with Crippen molar-refractivity contribution >= 4 is 16.0 Å². The zero-order chi connectivity index (χ0) is 22.6. The van der Waals surface area contributed by atoms with Gasteiger partial charge in [-0.05, 0) is 43.9 Å². The molecule has 0 amide bonds. The van der Waals surface area contributed by atoms with Crippen LogP contribution in [0.15, 0.2) is 52.9 Å². The molecule has 1 aromatic heterocycles. The number of sulfonamides is 1. The lowest BCUT2D eigenvalue weighted by molar-refractivity contribution is 0.189. The first-order valence-electron chi connectivity index (χ1n) is 10.7. The lowest BCUT2D eigenvalue weighted by Crippen LogP contribution is -2.48. The summed E-state index contributed by atoms with van der Waals surface area (Å²) >= 11 is 0. The third-order valence-electron chi connectivity index (χ3n) is 6.12. The van der Waals surface area contributed by atoms with Crippen molar-refractivity contribution in [2.45, 2.75) is 50.7 Å². The van der Waals surface area contributed by atoms with Gasteiger partial charge in [0.25, 0.3) is 0 Å². The summed E-state index contributed by atoms with van der Waals surface area (Å²) in [4.78, 5) is 11.3. The number of likely N-dealkylation sites (tertiary alicyclic amines) is 1. The summed E-state index contributed by atoms with van der Waals surface area (Å²) in [5.41, 5.74) is 1.00. The van der Waals surface area contributed by atoms with Gasteiger partial charge >= 0.3 is 0 Å². The number of piperidine rings is 1. The van der Waals surface area contributed by atoms with E-state index in [1.165, 1.54) is 4.31 Å². The minimum Gasteiger partial charge on any atom is -0.352 e. The number of imidazole rings is 1. The molecule has 3 rings (SSSR count). The van der Waals surface area contributed by atoms with Gasteiger partial charge < -0.3 is 14.8 Å². The first-order valence-corrected chi connectivity index (χ1v) is 12.2. The molecular weight excluding hydrogens is 412 g/mol. The Labute approximate surface area is 186 Å². The van der Waals surface area contributed by atoms with Gasteiger partial charge in [0.1, 0.15) is 0 Å². The third kappa shape index (κ3) is 5.27. The molecular formula is C22H34N6O2S. The molecule has 2 heterocycles. The van der Waals surface area contributed by atoms with E-state index in [4.69, 9.17) is 0 Å². The number of guanidine groups is 1. The van der Waals surface area contributed by atoms with Crippen molar-refractivity contribution in [3.8, 4) is 0 Å². The highest BCUT2D eigenvalue weighted by molar-refractivity contribution is 7.89. The summed E-state index contributed by atoms with van der Waals surface area (Å²) < 4.78 is 28.8. The predicted octanol–water partition coefficient (Wildman–Crippen LogP) is 2.57. The first kappa shape index (κ1) is 23.3. The van der Waals surface area contributed by atoms with E-state index in [2.05, 4.69) is 31.7 Å². The van der Waals surface area contributed by atoms with E-state index in [0.29, 0.717) is 23.4 Å². The van der Waals surface area contributed by atoms with Gasteiger partial charge in [-0.25, -0.2) is 13.4 Å². The van der Waals surface area contributed by atoms with E-state index < -0.39 is 10.0 Å². The van der Waals surface area contributed by atoms with Gasteiger partial charge in [-0.15, -0.1) is 0 Å². The van der Waals surface area contributed by atoms with Gasteiger partial charge in [0, 0.05) is 52.2 Å². The fourth-order valence-corrected chi connectivity index (χ4v) is 5.20. The van der Waals surface area contributed by atoms with Crippen LogP contribution >= 0.6 is 0 Å². The van der Waals surface area contributed by atoms with Crippen LogP contribution in [0.5, 0.6) is 0 Å². The van der Waals surface area contributed by atoms with E-state index in [-0.39, 0.29) is 6.04 Å². The Morgan fingerprint density at radius 1 is 1.32 bits per heavy atom.